The van der Waals surface area contributed by atoms with E-state index >= 15 is 0 Å². The summed E-state index contributed by atoms with van der Waals surface area (Å²) in [6.45, 7) is 4.21. The molecule has 4 heteroatoms. The molecule has 0 aliphatic carbocycles. The first-order valence-corrected chi connectivity index (χ1v) is 3.85. The number of nitrogens with two attached hydrogens (primary N) is 2. The molecule has 0 aromatic rings. The Balaban J connectivity index is 3.20. The van der Waals surface area contributed by atoms with Crippen molar-refractivity contribution in [3.8, 4) is 0 Å². The Kier molecular flexibility index (Phi) is 4.30. The molecule has 0 fully saturated rings. The van der Waals surface area contributed by atoms with Crippen LogP contribution in [0.1, 0.15) is 13.8 Å². The van der Waals surface area contributed by atoms with Crippen LogP contribution in [0.5, 0.6) is 0 Å². The summed E-state index contributed by atoms with van der Waals surface area (Å²) in [5, 5.41) is 0.591. The third kappa shape index (κ3) is 7.62. The summed E-state index contributed by atoms with van der Waals surface area (Å²) in [4.78, 5) is 3.80. The summed E-state index contributed by atoms with van der Waals surface area (Å²) in [5.74, 6) is 0.836. The lowest BCUT2D eigenvalue weighted by Crippen LogP contribution is -2.22. The number of hydrogen-bond donors (Lipinski definition) is 2. The summed E-state index contributed by atoms with van der Waals surface area (Å²) >= 11 is 1.71. The van der Waals surface area contributed by atoms with Gasteiger partial charge in [0.25, 0.3) is 0 Å². The molecule has 4 N–H and O–H groups in total. The van der Waals surface area contributed by atoms with Gasteiger partial charge in [0.15, 0.2) is 5.96 Å². The van der Waals surface area contributed by atoms with E-state index in [-0.39, 0.29) is 5.96 Å². The van der Waals surface area contributed by atoms with Crippen molar-refractivity contribution < 1.29 is 0 Å². The predicted molar refractivity (Wildman–Crippen MR) is 43.4 cm³/mol. The lowest BCUT2D eigenvalue weighted by Gasteiger charge is -1.99. The van der Waals surface area contributed by atoms with Crippen molar-refractivity contribution in [1.29, 1.82) is 0 Å². The number of thioether (sulfide) groups is 1. The Morgan fingerprint density at radius 1 is 1.56 bits per heavy atom. The number of rotatable bonds is 3. The number of guanidine groups is 1. The van der Waals surface area contributed by atoms with Crippen LogP contribution in [-0.4, -0.2) is 17.1 Å². The molecule has 0 amide bonds. The molecule has 0 spiro atoms. The minimum Gasteiger partial charge on any atom is -0.370 e. The van der Waals surface area contributed by atoms with Gasteiger partial charge in [-0.05, 0) is 0 Å². The Morgan fingerprint density at radius 2 is 2.11 bits per heavy atom. The van der Waals surface area contributed by atoms with Crippen molar-refractivity contribution in [2.75, 3.05) is 5.88 Å². The first-order valence-electron chi connectivity index (χ1n) is 2.80. The smallest absolute Gasteiger partial charge is 0.186 e. The van der Waals surface area contributed by atoms with E-state index in [1.165, 1.54) is 0 Å². The van der Waals surface area contributed by atoms with E-state index in [0.29, 0.717) is 11.1 Å². The molecule has 0 unspecified atom stereocenters. The molecule has 0 radical (unpaired) electrons. The zero-order chi connectivity index (χ0) is 7.28. The molecule has 0 rings (SSSR count). The Labute approximate surface area is 59.9 Å². The summed E-state index contributed by atoms with van der Waals surface area (Å²) in [6.07, 6.45) is 0. The third-order valence-corrected chi connectivity index (χ3v) is 1.60. The average molecular weight is 147 g/mol. The van der Waals surface area contributed by atoms with E-state index in [9.17, 15) is 0 Å². The highest BCUT2D eigenvalue weighted by Gasteiger charge is 1.90. The Morgan fingerprint density at radius 3 is 2.44 bits per heavy atom. The van der Waals surface area contributed by atoms with Crippen LogP contribution in [0.3, 0.4) is 0 Å². The number of nitrogens with zero attached hydrogens (tertiary/aromatic N) is 1. The van der Waals surface area contributed by atoms with Gasteiger partial charge in [-0.1, -0.05) is 13.8 Å². The lowest BCUT2D eigenvalue weighted by molar-refractivity contribution is 1.11. The van der Waals surface area contributed by atoms with E-state index in [1.807, 2.05) is 0 Å². The highest BCUT2D eigenvalue weighted by atomic mass is 32.2. The summed E-state index contributed by atoms with van der Waals surface area (Å²) in [5.41, 5.74) is 10.2. The van der Waals surface area contributed by atoms with Gasteiger partial charge >= 0.3 is 0 Å². The molecule has 9 heavy (non-hydrogen) atoms. The highest BCUT2D eigenvalue weighted by molar-refractivity contribution is 7.99. The second-order valence-corrected chi connectivity index (χ2v) is 3.46. The predicted octanol–water partition coefficient (Wildman–Crippen LogP) is 0.359. The van der Waals surface area contributed by atoms with Gasteiger partial charge in [0.05, 0.1) is 5.88 Å². The fourth-order valence-electron chi connectivity index (χ4n) is 0.261. The summed E-state index contributed by atoms with van der Waals surface area (Å²) in [7, 11) is 0. The second-order valence-electron chi connectivity index (χ2n) is 1.93. The van der Waals surface area contributed by atoms with E-state index in [0.717, 1.165) is 0 Å². The van der Waals surface area contributed by atoms with Crippen molar-refractivity contribution in [3.63, 3.8) is 0 Å². The fraction of sp³-hybridized carbons (Fsp3) is 0.800. The third-order valence-electron chi connectivity index (χ3n) is 0.655. The lowest BCUT2D eigenvalue weighted by atomic mass is 10.6. The van der Waals surface area contributed by atoms with Crippen LogP contribution in [-0.2, 0) is 0 Å². The monoisotopic (exact) mass is 147 g/mol. The van der Waals surface area contributed by atoms with Crippen LogP contribution in [0.25, 0.3) is 0 Å². The molecule has 0 heterocycles. The minimum atomic E-state index is 0.170. The zero-order valence-corrected chi connectivity index (χ0v) is 6.61. The van der Waals surface area contributed by atoms with Crippen LogP contribution in [0.15, 0.2) is 4.99 Å². The molecular formula is C5H13N3S. The summed E-state index contributed by atoms with van der Waals surface area (Å²) in [6, 6.07) is 0. The van der Waals surface area contributed by atoms with E-state index in [1.54, 1.807) is 11.8 Å². The molecular weight excluding hydrogens is 134 g/mol. The number of hydrogen-bond acceptors (Lipinski definition) is 2. The van der Waals surface area contributed by atoms with Gasteiger partial charge in [0.2, 0.25) is 0 Å². The molecule has 0 aliphatic heterocycles. The first-order chi connectivity index (χ1) is 4.13. The van der Waals surface area contributed by atoms with Crippen molar-refractivity contribution in [1.82, 2.24) is 0 Å². The standard InChI is InChI=1S/C5H13N3S/c1-4(2)9-3-8-5(6)7/h4H,3H2,1-2H3,(H4,6,7,8). The van der Waals surface area contributed by atoms with Crippen molar-refractivity contribution in [3.05, 3.63) is 0 Å². The van der Waals surface area contributed by atoms with Crippen LogP contribution < -0.4 is 11.5 Å². The normalized spacial score (nSPS) is 9.67. The van der Waals surface area contributed by atoms with Crippen LogP contribution in [0.2, 0.25) is 0 Å². The van der Waals surface area contributed by atoms with Crippen LogP contribution >= 0.6 is 11.8 Å². The van der Waals surface area contributed by atoms with E-state index in [2.05, 4.69) is 18.8 Å². The second kappa shape index (κ2) is 4.49. The molecule has 54 valence electrons. The fourth-order valence-corrected chi connectivity index (χ4v) is 0.783. The number of aliphatic imine (C=N–C) groups is 1. The van der Waals surface area contributed by atoms with E-state index < -0.39 is 0 Å². The van der Waals surface area contributed by atoms with Gasteiger partial charge in [-0.15, -0.1) is 11.8 Å². The molecule has 0 aliphatic rings. The molecule has 0 saturated carbocycles. The molecule has 0 atom stereocenters. The largest absolute Gasteiger partial charge is 0.370 e. The van der Waals surface area contributed by atoms with Gasteiger partial charge in [0, 0.05) is 5.25 Å². The summed E-state index contributed by atoms with van der Waals surface area (Å²) < 4.78 is 0. The first kappa shape index (κ1) is 8.62. The topological polar surface area (TPSA) is 64.4 Å². The van der Waals surface area contributed by atoms with Crippen LogP contribution in [0, 0.1) is 0 Å². The van der Waals surface area contributed by atoms with Gasteiger partial charge in [-0.3, -0.25) is 0 Å². The highest BCUT2D eigenvalue weighted by Crippen LogP contribution is 2.07. The Hall–Kier alpha value is -0.380. The molecule has 3 nitrogen and oxygen atoms in total. The maximum atomic E-state index is 5.09. The molecule has 0 saturated heterocycles. The molecule has 0 bridgehead atoms. The van der Waals surface area contributed by atoms with Gasteiger partial charge < -0.3 is 11.5 Å². The van der Waals surface area contributed by atoms with Gasteiger partial charge in [-0.25, -0.2) is 4.99 Å². The SMILES string of the molecule is CC(C)SCN=C(N)N. The van der Waals surface area contributed by atoms with Crippen molar-refractivity contribution in [2.24, 2.45) is 16.5 Å². The quantitative estimate of drug-likeness (QED) is 0.447. The van der Waals surface area contributed by atoms with Crippen LogP contribution in [0.4, 0.5) is 0 Å². The minimum absolute atomic E-state index is 0.170. The molecule has 0 aromatic heterocycles. The maximum absolute atomic E-state index is 5.09. The zero-order valence-electron chi connectivity index (χ0n) is 5.79. The van der Waals surface area contributed by atoms with Crippen molar-refractivity contribution in [2.45, 2.75) is 19.1 Å². The average Bonchev–Trinajstić information content (AvgIpc) is 1.63. The van der Waals surface area contributed by atoms with Crippen molar-refractivity contribution >= 4 is 17.7 Å². The Bertz CT molecular complexity index is 96.4. The molecule has 0 aromatic carbocycles. The van der Waals surface area contributed by atoms with Gasteiger partial charge in [-0.2, -0.15) is 0 Å². The maximum Gasteiger partial charge on any atom is 0.186 e. The van der Waals surface area contributed by atoms with Gasteiger partial charge in [0.1, 0.15) is 0 Å². The van der Waals surface area contributed by atoms with E-state index in [4.69, 9.17) is 11.5 Å².